The molecule has 1 unspecified atom stereocenters. The number of carbonyl (C=O) groups is 1. The number of nitrogens with two attached hydrogens (primary N) is 1. The fourth-order valence-corrected chi connectivity index (χ4v) is 2.38. The summed E-state index contributed by atoms with van der Waals surface area (Å²) in [4.78, 5) is 10.8. The number of rotatable bonds is 4. The molecule has 0 aliphatic heterocycles. The maximum Gasteiger partial charge on any atom is 0.307 e. The number of hydrogen-bond donors (Lipinski definition) is 2. The van der Waals surface area contributed by atoms with Crippen LogP contribution in [-0.4, -0.2) is 23.7 Å². The average molecular weight is 235 g/mol. The second kappa shape index (κ2) is 4.75. The molecule has 0 spiro atoms. The second-order valence-corrected chi connectivity index (χ2v) is 4.36. The molecule has 1 aromatic rings. The van der Waals surface area contributed by atoms with Crippen LogP contribution in [-0.2, 0) is 24.1 Å². The molecule has 1 atom stereocenters. The van der Waals surface area contributed by atoms with E-state index in [4.69, 9.17) is 15.6 Å². The van der Waals surface area contributed by atoms with Crippen LogP contribution in [0.1, 0.15) is 23.6 Å². The van der Waals surface area contributed by atoms with E-state index in [0.29, 0.717) is 6.61 Å². The van der Waals surface area contributed by atoms with E-state index in [2.05, 4.69) is 0 Å². The van der Waals surface area contributed by atoms with Crippen LogP contribution >= 0.6 is 0 Å². The summed E-state index contributed by atoms with van der Waals surface area (Å²) >= 11 is 0. The smallest absolute Gasteiger partial charge is 0.307 e. The van der Waals surface area contributed by atoms with E-state index in [1.54, 1.807) is 0 Å². The van der Waals surface area contributed by atoms with E-state index in [1.807, 2.05) is 19.1 Å². The highest BCUT2D eigenvalue weighted by Gasteiger charge is 2.24. The summed E-state index contributed by atoms with van der Waals surface area (Å²) in [6, 6.07) is 3.95. The third kappa shape index (κ3) is 2.42. The van der Waals surface area contributed by atoms with Crippen molar-refractivity contribution in [3.05, 3.63) is 28.8 Å². The van der Waals surface area contributed by atoms with Gasteiger partial charge in [-0.2, -0.15) is 0 Å². The molecule has 0 saturated carbocycles. The Hall–Kier alpha value is -1.55. The van der Waals surface area contributed by atoms with Crippen LogP contribution in [0.25, 0.3) is 0 Å². The van der Waals surface area contributed by atoms with Gasteiger partial charge >= 0.3 is 5.97 Å². The Kier molecular flexibility index (Phi) is 3.33. The van der Waals surface area contributed by atoms with Crippen molar-refractivity contribution in [2.75, 3.05) is 6.61 Å². The highest BCUT2D eigenvalue weighted by Crippen LogP contribution is 2.33. The van der Waals surface area contributed by atoms with E-state index in [1.165, 1.54) is 5.56 Å². The van der Waals surface area contributed by atoms with Gasteiger partial charge in [-0.25, -0.2) is 0 Å². The molecule has 92 valence electrons. The number of hydrogen-bond acceptors (Lipinski definition) is 3. The molecule has 0 radical (unpaired) electrons. The van der Waals surface area contributed by atoms with Crippen molar-refractivity contribution >= 4 is 5.97 Å². The summed E-state index contributed by atoms with van der Waals surface area (Å²) in [5.41, 5.74) is 8.96. The van der Waals surface area contributed by atoms with E-state index in [-0.39, 0.29) is 12.5 Å². The molecule has 0 bridgehead atoms. The Balaban J connectivity index is 2.41. The van der Waals surface area contributed by atoms with Crippen molar-refractivity contribution < 1.29 is 14.6 Å². The van der Waals surface area contributed by atoms with Gasteiger partial charge in [-0.15, -0.1) is 0 Å². The minimum absolute atomic E-state index is 0.00213. The first-order chi connectivity index (χ1) is 8.11. The van der Waals surface area contributed by atoms with Gasteiger partial charge in [0.05, 0.1) is 13.0 Å². The van der Waals surface area contributed by atoms with E-state index in [0.717, 1.165) is 29.7 Å². The lowest BCUT2D eigenvalue weighted by atomic mass is 10.0. The van der Waals surface area contributed by atoms with Gasteiger partial charge in [-0.3, -0.25) is 4.79 Å². The van der Waals surface area contributed by atoms with Crippen LogP contribution in [0.2, 0.25) is 0 Å². The quantitative estimate of drug-likeness (QED) is 0.820. The summed E-state index contributed by atoms with van der Waals surface area (Å²) < 4.78 is 5.61. The maximum atomic E-state index is 10.8. The summed E-state index contributed by atoms with van der Waals surface area (Å²) in [6.45, 7) is 2.44. The van der Waals surface area contributed by atoms with Crippen LogP contribution < -0.4 is 10.5 Å². The molecule has 1 aliphatic rings. The monoisotopic (exact) mass is 235 g/mol. The van der Waals surface area contributed by atoms with Crippen molar-refractivity contribution in [2.24, 2.45) is 5.73 Å². The number of fused-ring (bicyclic) bond motifs is 1. The van der Waals surface area contributed by atoms with Gasteiger partial charge in [0.15, 0.2) is 0 Å². The van der Waals surface area contributed by atoms with Crippen LogP contribution in [0.15, 0.2) is 12.1 Å². The Morgan fingerprint density at radius 1 is 1.53 bits per heavy atom. The number of aliphatic carboxylic acids is 1. The first kappa shape index (κ1) is 11.9. The summed E-state index contributed by atoms with van der Waals surface area (Å²) in [5, 5.41) is 8.88. The largest absolute Gasteiger partial charge is 0.493 e. The van der Waals surface area contributed by atoms with E-state index < -0.39 is 5.97 Å². The Morgan fingerprint density at radius 2 is 2.29 bits per heavy atom. The molecule has 1 aliphatic carbocycles. The Labute approximate surface area is 100 Å². The van der Waals surface area contributed by atoms with Gasteiger partial charge in [-0.05, 0) is 30.9 Å². The lowest BCUT2D eigenvalue weighted by molar-refractivity contribution is -0.136. The normalized spacial score (nSPS) is 17.9. The molecule has 4 nitrogen and oxygen atoms in total. The number of ether oxygens (including phenoxy) is 1. The zero-order valence-electron chi connectivity index (χ0n) is 9.90. The molecule has 0 heterocycles. The molecule has 1 aromatic carbocycles. The molecule has 4 heteroatoms. The van der Waals surface area contributed by atoms with Gasteiger partial charge in [-0.1, -0.05) is 12.1 Å². The zero-order chi connectivity index (χ0) is 12.4. The van der Waals surface area contributed by atoms with E-state index in [9.17, 15) is 4.79 Å². The lowest BCUT2D eigenvalue weighted by Gasteiger charge is -2.13. The maximum absolute atomic E-state index is 10.8. The second-order valence-electron chi connectivity index (χ2n) is 4.36. The molecule has 17 heavy (non-hydrogen) atoms. The third-order valence-corrected chi connectivity index (χ3v) is 3.02. The first-order valence-electron chi connectivity index (χ1n) is 5.85. The van der Waals surface area contributed by atoms with Gasteiger partial charge in [0.25, 0.3) is 0 Å². The minimum atomic E-state index is -0.840. The predicted molar refractivity (Wildman–Crippen MR) is 64.3 cm³/mol. The number of carboxylic acid groups (broad SMARTS) is 1. The predicted octanol–water partition coefficient (Wildman–Crippen LogP) is 1.14. The van der Waals surface area contributed by atoms with Crippen molar-refractivity contribution in [2.45, 2.75) is 32.2 Å². The third-order valence-electron chi connectivity index (χ3n) is 3.02. The van der Waals surface area contributed by atoms with Crippen LogP contribution in [0, 0.1) is 0 Å². The average Bonchev–Trinajstić information content (AvgIpc) is 2.62. The Bertz CT molecular complexity index is 443. The number of carboxylic acids is 1. The van der Waals surface area contributed by atoms with Gasteiger partial charge in [0.2, 0.25) is 0 Å². The molecule has 0 aromatic heterocycles. The summed E-state index contributed by atoms with van der Waals surface area (Å²) in [5.74, 6) is -0.103. The summed E-state index contributed by atoms with van der Waals surface area (Å²) in [6.07, 6.45) is 1.62. The van der Waals surface area contributed by atoms with Gasteiger partial charge in [0.1, 0.15) is 5.75 Å². The molecule has 2 rings (SSSR count). The van der Waals surface area contributed by atoms with Crippen molar-refractivity contribution in [3.8, 4) is 5.75 Å². The topological polar surface area (TPSA) is 72.5 Å². The zero-order valence-corrected chi connectivity index (χ0v) is 9.90. The first-order valence-corrected chi connectivity index (χ1v) is 5.85. The molecular formula is C13H17NO3. The lowest BCUT2D eigenvalue weighted by Crippen LogP contribution is -2.19. The summed E-state index contributed by atoms with van der Waals surface area (Å²) in [7, 11) is 0. The van der Waals surface area contributed by atoms with Crippen molar-refractivity contribution in [1.82, 2.24) is 0 Å². The highest BCUT2D eigenvalue weighted by atomic mass is 16.5. The van der Waals surface area contributed by atoms with Crippen molar-refractivity contribution in [1.29, 1.82) is 0 Å². The SMILES string of the molecule is CCOc1c(CC(=O)O)ccc2c1CC(N)C2. The Morgan fingerprint density at radius 3 is 2.94 bits per heavy atom. The standard InChI is InChI=1S/C13H17NO3/c1-2-17-13-9(6-12(15)16)4-3-8-5-10(14)7-11(8)13/h3-4,10H,2,5-7,14H2,1H3,(H,15,16). The van der Waals surface area contributed by atoms with Crippen LogP contribution in [0.5, 0.6) is 5.75 Å². The fraction of sp³-hybridized carbons (Fsp3) is 0.462. The highest BCUT2D eigenvalue weighted by molar-refractivity contribution is 5.72. The van der Waals surface area contributed by atoms with Gasteiger partial charge < -0.3 is 15.6 Å². The van der Waals surface area contributed by atoms with Crippen LogP contribution in [0.4, 0.5) is 0 Å². The van der Waals surface area contributed by atoms with Crippen LogP contribution in [0.3, 0.4) is 0 Å². The molecule has 3 N–H and O–H groups in total. The van der Waals surface area contributed by atoms with E-state index >= 15 is 0 Å². The van der Waals surface area contributed by atoms with Crippen molar-refractivity contribution in [3.63, 3.8) is 0 Å². The van der Waals surface area contributed by atoms with Gasteiger partial charge in [0, 0.05) is 11.6 Å². The number of benzene rings is 1. The molecular weight excluding hydrogens is 218 g/mol. The fourth-order valence-electron chi connectivity index (χ4n) is 2.38. The minimum Gasteiger partial charge on any atom is -0.493 e. The molecule has 0 amide bonds. The molecule has 0 saturated heterocycles. The molecule has 0 fully saturated rings.